The molecule has 106 valence electrons. The van der Waals surface area contributed by atoms with Crippen LogP contribution in [0.25, 0.3) is 0 Å². The van der Waals surface area contributed by atoms with Crippen LogP contribution >= 0.6 is 0 Å². The Morgan fingerprint density at radius 2 is 1.95 bits per heavy atom. The van der Waals surface area contributed by atoms with Gasteiger partial charge in [-0.1, -0.05) is 63.4 Å². The van der Waals surface area contributed by atoms with Crippen molar-refractivity contribution in [2.45, 2.75) is 45.6 Å². The van der Waals surface area contributed by atoms with E-state index in [-0.39, 0.29) is 0 Å². The van der Waals surface area contributed by atoms with E-state index in [1.54, 1.807) is 0 Å². The Labute approximate surface area is 116 Å². The fraction of sp³-hybridized carbons (Fsp3) is 0.562. The molecule has 0 aliphatic carbocycles. The first kappa shape index (κ1) is 15.7. The van der Waals surface area contributed by atoms with Gasteiger partial charge in [0.2, 0.25) is 0 Å². The summed E-state index contributed by atoms with van der Waals surface area (Å²) in [4.78, 5) is 11.4. The van der Waals surface area contributed by atoms with Crippen LogP contribution in [-0.2, 0) is 4.79 Å². The molecule has 19 heavy (non-hydrogen) atoms. The number of carboxylic acid groups (broad SMARTS) is 1. The summed E-state index contributed by atoms with van der Waals surface area (Å²) < 4.78 is 0. The lowest BCUT2D eigenvalue weighted by atomic mass is 9.98. The molecule has 0 saturated carbocycles. The number of hydrogen-bond acceptors (Lipinski definition) is 2. The fourth-order valence-corrected chi connectivity index (χ4v) is 2.22. The quantitative estimate of drug-likeness (QED) is 0.715. The third kappa shape index (κ3) is 5.43. The summed E-state index contributed by atoms with van der Waals surface area (Å²) in [6.07, 6.45) is 4.66. The molecule has 3 nitrogen and oxygen atoms in total. The molecule has 0 aliphatic rings. The molecule has 0 saturated heterocycles. The van der Waals surface area contributed by atoms with Crippen LogP contribution in [0, 0.1) is 5.92 Å². The highest BCUT2D eigenvalue weighted by Gasteiger charge is 2.19. The first-order valence-corrected chi connectivity index (χ1v) is 7.20. The number of carboxylic acids is 1. The highest BCUT2D eigenvalue weighted by molar-refractivity contribution is 5.75. The summed E-state index contributed by atoms with van der Waals surface area (Å²) in [5.74, 6) is -0.248. The Hall–Kier alpha value is -1.35. The summed E-state index contributed by atoms with van der Waals surface area (Å²) in [7, 11) is 0. The van der Waals surface area contributed by atoms with Gasteiger partial charge in [-0.3, -0.25) is 4.79 Å². The van der Waals surface area contributed by atoms with E-state index in [9.17, 15) is 9.90 Å². The van der Waals surface area contributed by atoms with Crippen LogP contribution in [0.15, 0.2) is 30.3 Å². The molecular weight excluding hydrogens is 238 g/mol. The standard InChI is InChI=1S/C16H25NO2/c1-3-5-9-13(4-2)12-17-15(16(18)19)14-10-7-6-8-11-14/h6-8,10-11,13,15,17H,3-5,9,12H2,1-2H3,(H,18,19). The molecule has 0 aliphatic heterocycles. The van der Waals surface area contributed by atoms with E-state index in [2.05, 4.69) is 19.2 Å². The van der Waals surface area contributed by atoms with Crippen molar-refractivity contribution in [1.29, 1.82) is 0 Å². The number of benzene rings is 1. The second-order valence-electron chi connectivity index (χ2n) is 5.01. The number of rotatable bonds is 9. The maximum atomic E-state index is 11.4. The van der Waals surface area contributed by atoms with Crippen molar-refractivity contribution in [2.24, 2.45) is 5.92 Å². The van der Waals surface area contributed by atoms with Gasteiger partial charge in [-0.15, -0.1) is 0 Å². The summed E-state index contributed by atoms with van der Waals surface area (Å²) in [6.45, 7) is 5.12. The number of unbranched alkanes of at least 4 members (excludes halogenated alkanes) is 1. The lowest BCUT2D eigenvalue weighted by Gasteiger charge is -2.20. The van der Waals surface area contributed by atoms with Gasteiger partial charge in [-0.25, -0.2) is 0 Å². The zero-order chi connectivity index (χ0) is 14.1. The van der Waals surface area contributed by atoms with Crippen molar-refractivity contribution in [1.82, 2.24) is 5.32 Å². The van der Waals surface area contributed by atoms with Crippen LogP contribution in [-0.4, -0.2) is 17.6 Å². The smallest absolute Gasteiger partial charge is 0.325 e. The van der Waals surface area contributed by atoms with Crippen LogP contribution in [0.1, 0.15) is 51.1 Å². The van der Waals surface area contributed by atoms with Gasteiger partial charge in [-0.2, -0.15) is 0 Å². The molecule has 3 heteroatoms. The third-order valence-electron chi connectivity index (χ3n) is 3.53. The Morgan fingerprint density at radius 1 is 1.26 bits per heavy atom. The maximum absolute atomic E-state index is 11.4. The van der Waals surface area contributed by atoms with E-state index in [0.29, 0.717) is 5.92 Å². The van der Waals surface area contributed by atoms with Crippen LogP contribution < -0.4 is 5.32 Å². The van der Waals surface area contributed by atoms with Gasteiger partial charge in [0.05, 0.1) is 0 Å². The average Bonchev–Trinajstić information content (AvgIpc) is 2.43. The monoisotopic (exact) mass is 263 g/mol. The molecule has 0 aromatic heterocycles. The number of carbonyl (C=O) groups is 1. The minimum absolute atomic E-state index is 0.561. The maximum Gasteiger partial charge on any atom is 0.325 e. The predicted molar refractivity (Wildman–Crippen MR) is 78.1 cm³/mol. The molecule has 1 rings (SSSR count). The molecule has 0 spiro atoms. The Bertz CT molecular complexity index is 364. The Morgan fingerprint density at radius 3 is 2.47 bits per heavy atom. The lowest BCUT2D eigenvalue weighted by molar-refractivity contribution is -0.139. The summed E-state index contributed by atoms with van der Waals surface area (Å²) in [5.41, 5.74) is 0.820. The molecular formula is C16H25NO2. The SMILES string of the molecule is CCCCC(CC)CNC(C(=O)O)c1ccccc1. The van der Waals surface area contributed by atoms with Crippen molar-refractivity contribution >= 4 is 5.97 Å². The zero-order valence-corrected chi connectivity index (χ0v) is 11.9. The van der Waals surface area contributed by atoms with Crippen LogP contribution in [0.2, 0.25) is 0 Å². The molecule has 2 atom stereocenters. The largest absolute Gasteiger partial charge is 0.480 e. The number of aliphatic carboxylic acids is 1. The van der Waals surface area contributed by atoms with Gasteiger partial charge in [0, 0.05) is 0 Å². The highest BCUT2D eigenvalue weighted by Crippen LogP contribution is 2.16. The summed E-state index contributed by atoms with van der Waals surface area (Å²) in [6, 6.07) is 8.77. The molecule has 0 radical (unpaired) electrons. The lowest BCUT2D eigenvalue weighted by Crippen LogP contribution is -2.32. The molecule has 0 bridgehead atoms. The molecule has 0 fully saturated rings. The molecule has 0 amide bonds. The van der Waals surface area contributed by atoms with E-state index in [1.165, 1.54) is 19.3 Å². The van der Waals surface area contributed by atoms with E-state index < -0.39 is 12.0 Å². The second-order valence-corrected chi connectivity index (χ2v) is 5.01. The van der Waals surface area contributed by atoms with Crippen LogP contribution in [0.3, 0.4) is 0 Å². The van der Waals surface area contributed by atoms with Crippen molar-refractivity contribution in [3.8, 4) is 0 Å². The van der Waals surface area contributed by atoms with E-state index in [1.807, 2.05) is 30.3 Å². The van der Waals surface area contributed by atoms with Gasteiger partial charge in [0.25, 0.3) is 0 Å². The topological polar surface area (TPSA) is 49.3 Å². The number of nitrogens with one attached hydrogen (secondary N) is 1. The van der Waals surface area contributed by atoms with E-state index in [0.717, 1.165) is 18.5 Å². The molecule has 1 aromatic carbocycles. The van der Waals surface area contributed by atoms with Crippen molar-refractivity contribution in [3.63, 3.8) is 0 Å². The first-order chi connectivity index (χ1) is 9.19. The van der Waals surface area contributed by atoms with Crippen molar-refractivity contribution < 1.29 is 9.90 Å². The molecule has 1 aromatic rings. The van der Waals surface area contributed by atoms with Gasteiger partial charge in [0.15, 0.2) is 0 Å². The third-order valence-corrected chi connectivity index (χ3v) is 3.53. The van der Waals surface area contributed by atoms with Gasteiger partial charge < -0.3 is 10.4 Å². The zero-order valence-electron chi connectivity index (χ0n) is 11.9. The van der Waals surface area contributed by atoms with E-state index in [4.69, 9.17) is 0 Å². The fourth-order valence-electron chi connectivity index (χ4n) is 2.22. The molecule has 2 N–H and O–H groups in total. The van der Waals surface area contributed by atoms with Crippen molar-refractivity contribution in [2.75, 3.05) is 6.54 Å². The minimum Gasteiger partial charge on any atom is -0.480 e. The Kier molecular flexibility index (Phi) is 7.19. The van der Waals surface area contributed by atoms with Gasteiger partial charge in [-0.05, 0) is 24.4 Å². The van der Waals surface area contributed by atoms with Gasteiger partial charge >= 0.3 is 5.97 Å². The normalized spacial score (nSPS) is 14.0. The first-order valence-electron chi connectivity index (χ1n) is 7.20. The molecule has 0 heterocycles. The van der Waals surface area contributed by atoms with Gasteiger partial charge in [0.1, 0.15) is 6.04 Å². The summed E-state index contributed by atoms with van der Waals surface area (Å²) in [5, 5.41) is 12.5. The molecule has 2 unspecified atom stereocenters. The van der Waals surface area contributed by atoms with Crippen molar-refractivity contribution in [3.05, 3.63) is 35.9 Å². The highest BCUT2D eigenvalue weighted by atomic mass is 16.4. The predicted octanol–water partition coefficient (Wildman–Crippen LogP) is 3.62. The Balaban J connectivity index is 2.57. The van der Waals surface area contributed by atoms with E-state index >= 15 is 0 Å². The van der Waals surface area contributed by atoms with Crippen LogP contribution in [0.4, 0.5) is 0 Å². The number of hydrogen-bond donors (Lipinski definition) is 2. The summed E-state index contributed by atoms with van der Waals surface area (Å²) >= 11 is 0. The average molecular weight is 263 g/mol. The minimum atomic E-state index is -0.809. The second kappa shape index (κ2) is 8.70. The van der Waals surface area contributed by atoms with Crippen LogP contribution in [0.5, 0.6) is 0 Å².